The van der Waals surface area contributed by atoms with Gasteiger partial charge < -0.3 is 10.2 Å². The molecule has 2 bridgehead atoms. The van der Waals surface area contributed by atoms with Gasteiger partial charge in [-0.05, 0) is 39.3 Å². The van der Waals surface area contributed by atoms with E-state index in [4.69, 9.17) is 4.98 Å². The van der Waals surface area contributed by atoms with E-state index in [1.807, 2.05) is 11.3 Å². The number of aromatic nitrogens is 1. The minimum Gasteiger partial charge on any atom is -0.306 e. The molecule has 1 N–H and O–H groups in total. The molecule has 0 aromatic carbocycles. The molecule has 3 rings (SSSR count). The Balaban J connectivity index is 1.93. The van der Waals surface area contributed by atoms with E-state index < -0.39 is 0 Å². The number of thiazole rings is 1. The smallest absolute Gasteiger partial charge is 0.113 e. The number of nitrogens with zero attached hydrogens (tertiary/aromatic N) is 2. The first-order valence-corrected chi connectivity index (χ1v) is 9.17. The molecule has 2 fully saturated rings. The van der Waals surface area contributed by atoms with Crippen LogP contribution in [0.5, 0.6) is 0 Å². The molecule has 118 valence electrons. The molecule has 2 saturated heterocycles. The number of piperidine rings is 1. The average Bonchev–Trinajstić information content (AvgIpc) is 2.96. The highest BCUT2D eigenvalue weighted by molar-refractivity contribution is 7.09. The fraction of sp³-hybridized carbons (Fsp3) is 0.824. The van der Waals surface area contributed by atoms with Crippen LogP contribution in [0, 0.1) is 0 Å². The zero-order valence-corrected chi connectivity index (χ0v) is 14.9. The van der Waals surface area contributed by atoms with Crippen LogP contribution in [0.15, 0.2) is 5.38 Å². The normalized spacial score (nSPS) is 33.6. The second-order valence-electron chi connectivity index (χ2n) is 7.86. The molecule has 3 nitrogen and oxygen atoms in total. The number of rotatable bonds is 3. The van der Waals surface area contributed by atoms with Gasteiger partial charge in [-0.3, -0.25) is 0 Å². The molecule has 2 aliphatic rings. The Morgan fingerprint density at radius 3 is 2.43 bits per heavy atom. The third kappa shape index (κ3) is 2.66. The van der Waals surface area contributed by atoms with Gasteiger partial charge in [-0.1, -0.05) is 27.7 Å². The molecule has 3 heterocycles. The van der Waals surface area contributed by atoms with E-state index in [0.29, 0.717) is 0 Å². The van der Waals surface area contributed by atoms with Crippen LogP contribution in [0.1, 0.15) is 64.1 Å². The van der Waals surface area contributed by atoms with Gasteiger partial charge in [-0.15, -0.1) is 11.3 Å². The average molecular weight is 308 g/mol. The summed E-state index contributed by atoms with van der Waals surface area (Å²) in [5, 5.41) is 7.41. The van der Waals surface area contributed by atoms with E-state index in [-0.39, 0.29) is 11.0 Å². The molecular weight excluding hydrogens is 278 g/mol. The number of nitrogens with one attached hydrogen (secondary N) is 1. The van der Waals surface area contributed by atoms with Crippen molar-refractivity contribution in [1.82, 2.24) is 15.2 Å². The first-order valence-electron chi connectivity index (χ1n) is 8.29. The molecule has 0 aliphatic carbocycles. The lowest BCUT2D eigenvalue weighted by molar-refractivity contribution is 0.0897. The van der Waals surface area contributed by atoms with Gasteiger partial charge in [-0.2, -0.15) is 0 Å². The minimum atomic E-state index is 0.112. The molecule has 0 spiro atoms. The zero-order valence-electron chi connectivity index (χ0n) is 14.1. The van der Waals surface area contributed by atoms with Crippen molar-refractivity contribution in [3.8, 4) is 0 Å². The van der Waals surface area contributed by atoms with Crippen molar-refractivity contribution >= 4 is 11.3 Å². The predicted molar refractivity (Wildman–Crippen MR) is 90.0 cm³/mol. The van der Waals surface area contributed by atoms with Gasteiger partial charge in [0.05, 0.1) is 11.2 Å². The molecule has 1 aromatic heterocycles. The van der Waals surface area contributed by atoms with E-state index in [1.165, 1.54) is 36.4 Å². The summed E-state index contributed by atoms with van der Waals surface area (Å²) >= 11 is 1.86. The molecule has 4 heteroatoms. The SMILES string of the molecule is CCNC1(c2nc(C(C)(C)C)cs2)CC2CCC(C1)N2C. The topological polar surface area (TPSA) is 28.2 Å². The van der Waals surface area contributed by atoms with Crippen molar-refractivity contribution in [2.75, 3.05) is 13.6 Å². The summed E-state index contributed by atoms with van der Waals surface area (Å²) in [6.07, 6.45) is 5.13. The molecule has 0 saturated carbocycles. The molecule has 2 unspecified atom stereocenters. The lowest BCUT2D eigenvalue weighted by Gasteiger charge is -2.44. The van der Waals surface area contributed by atoms with Crippen LogP contribution < -0.4 is 5.32 Å². The van der Waals surface area contributed by atoms with E-state index in [2.05, 4.69) is 50.3 Å². The molecular formula is C17H29N3S. The van der Waals surface area contributed by atoms with Gasteiger partial charge in [0.1, 0.15) is 5.01 Å². The van der Waals surface area contributed by atoms with Gasteiger partial charge >= 0.3 is 0 Å². The van der Waals surface area contributed by atoms with Gasteiger partial charge in [-0.25, -0.2) is 4.98 Å². The summed E-state index contributed by atoms with van der Waals surface area (Å²) in [7, 11) is 2.31. The highest BCUT2D eigenvalue weighted by Gasteiger charge is 2.48. The Hall–Kier alpha value is -0.450. The summed E-state index contributed by atoms with van der Waals surface area (Å²) < 4.78 is 0. The van der Waals surface area contributed by atoms with Crippen molar-refractivity contribution in [2.24, 2.45) is 0 Å². The van der Waals surface area contributed by atoms with Crippen LogP contribution in [0.25, 0.3) is 0 Å². The first kappa shape index (κ1) is 15.4. The fourth-order valence-corrected chi connectivity index (χ4v) is 5.29. The van der Waals surface area contributed by atoms with Gasteiger partial charge in [0.2, 0.25) is 0 Å². The maximum atomic E-state index is 5.06. The largest absolute Gasteiger partial charge is 0.306 e. The summed E-state index contributed by atoms with van der Waals surface area (Å²) in [6, 6.07) is 1.45. The second kappa shape index (κ2) is 5.32. The van der Waals surface area contributed by atoms with E-state index in [9.17, 15) is 0 Å². The molecule has 21 heavy (non-hydrogen) atoms. The lowest BCUT2D eigenvalue weighted by atomic mass is 9.83. The van der Waals surface area contributed by atoms with E-state index >= 15 is 0 Å². The Morgan fingerprint density at radius 1 is 1.33 bits per heavy atom. The number of hydrogen-bond acceptors (Lipinski definition) is 4. The van der Waals surface area contributed by atoms with Gasteiger partial charge in [0, 0.05) is 22.9 Å². The zero-order chi connectivity index (χ0) is 15.3. The molecule has 1 aromatic rings. The Kier molecular flexibility index (Phi) is 3.92. The van der Waals surface area contributed by atoms with Crippen molar-refractivity contribution in [2.45, 2.75) is 76.4 Å². The third-order valence-electron chi connectivity index (χ3n) is 5.35. The number of hydrogen-bond donors (Lipinski definition) is 1. The predicted octanol–water partition coefficient (Wildman–Crippen LogP) is 3.50. The van der Waals surface area contributed by atoms with Gasteiger partial charge in [0.15, 0.2) is 0 Å². The lowest BCUT2D eigenvalue weighted by Crippen LogP contribution is -2.54. The van der Waals surface area contributed by atoms with Crippen molar-refractivity contribution < 1.29 is 0 Å². The van der Waals surface area contributed by atoms with E-state index in [1.54, 1.807) is 0 Å². The van der Waals surface area contributed by atoms with Crippen LogP contribution in [-0.2, 0) is 11.0 Å². The third-order valence-corrected chi connectivity index (χ3v) is 6.40. The first-order chi connectivity index (χ1) is 9.86. The highest BCUT2D eigenvalue weighted by atomic mass is 32.1. The molecule has 0 amide bonds. The Bertz CT molecular complexity index is 488. The Labute approximate surface area is 133 Å². The van der Waals surface area contributed by atoms with Crippen LogP contribution in [-0.4, -0.2) is 35.6 Å². The van der Waals surface area contributed by atoms with Crippen LogP contribution in [0.4, 0.5) is 0 Å². The Morgan fingerprint density at radius 2 is 1.95 bits per heavy atom. The maximum Gasteiger partial charge on any atom is 0.113 e. The van der Waals surface area contributed by atoms with Crippen LogP contribution in [0.3, 0.4) is 0 Å². The number of fused-ring (bicyclic) bond motifs is 2. The van der Waals surface area contributed by atoms with Gasteiger partial charge in [0.25, 0.3) is 0 Å². The summed E-state index contributed by atoms with van der Waals surface area (Å²) in [4.78, 5) is 7.66. The quantitative estimate of drug-likeness (QED) is 0.926. The van der Waals surface area contributed by atoms with Crippen molar-refractivity contribution in [3.63, 3.8) is 0 Å². The minimum absolute atomic E-state index is 0.112. The highest BCUT2D eigenvalue weighted by Crippen LogP contribution is 2.46. The van der Waals surface area contributed by atoms with Crippen LogP contribution in [0.2, 0.25) is 0 Å². The molecule has 0 radical (unpaired) electrons. The second-order valence-corrected chi connectivity index (χ2v) is 8.72. The maximum absolute atomic E-state index is 5.06. The summed E-state index contributed by atoms with van der Waals surface area (Å²) in [6.45, 7) is 10.0. The fourth-order valence-electron chi connectivity index (χ4n) is 4.04. The standard InChI is InChI=1S/C17H29N3S/c1-6-18-17(9-12-7-8-13(10-17)20(12)5)15-19-14(11-21-15)16(2,3)4/h11-13,18H,6-10H2,1-5H3. The van der Waals surface area contributed by atoms with Crippen molar-refractivity contribution in [1.29, 1.82) is 0 Å². The van der Waals surface area contributed by atoms with Crippen LogP contribution >= 0.6 is 11.3 Å². The molecule has 2 atom stereocenters. The molecule has 2 aliphatic heterocycles. The summed E-state index contributed by atoms with van der Waals surface area (Å²) in [5.41, 5.74) is 1.50. The summed E-state index contributed by atoms with van der Waals surface area (Å²) in [5.74, 6) is 0. The van der Waals surface area contributed by atoms with Crippen molar-refractivity contribution in [3.05, 3.63) is 16.1 Å². The van der Waals surface area contributed by atoms with E-state index in [0.717, 1.165) is 18.6 Å². The monoisotopic (exact) mass is 307 g/mol.